The monoisotopic (exact) mass is 1200 g/mol. The number of furan rings is 3. The summed E-state index contributed by atoms with van der Waals surface area (Å²) in [5.74, 6) is 3.52. The summed E-state index contributed by atoms with van der Waals surface area (Å²) in [6.45, 7) is 16.5. The molecule has 0 bridgehead atoms. The largest absolute Gasteiger partial charge is 0.436 e. The average Bonchev–Trinajstić information content (AvgIpc) is 1.58. The van der Waals surface area contributed by atoms with Crippen LogP contribution in [0, 0.1) is 20.8 Å². The molecule has 0 spiro atoms. The van der Waals surface area contributed by atoms with E-state index in [1.807, 2.05) is 95.5 Å². The van der Waals surface area contributed by atoms with Crippen LogP contribution in [0.1, 0.15) is 80.0 Å². The smallest absolute Gasteiger partial charge is 0.409 e. The van der Waals surface area contributed by atoms with Crippen molar-refractivity contribution in [3.63, 3.8) is 0 Å². The Bertz CT molecular complexity index is 4670. The highest BCUT2D eigenvalue weighted by Crippen LogP contribution is 2.51. The number of benzene rings is 4. The van der Waals surface area contributed by atoms with Crippen molar-refractivity contribution in [1.29, 1.82) is 0 Å². The molecule has 4 aromatic carbocycles. The molecule has 0 aliphatic carbocycles. The highest BCUT2D eigenvalue weighted by Gasteiger charge is 2.49. The van der Waals surface area contributed by atoms with Gasteiger partial charge in [-0.15, -0.1) is 0 Å². The SMILES string of the molecule is CC1=Cc2oc3nc(C)ccc3c2N(C)B1N1c2ccccc2N(c2ccccc2)[C@@H]1C.CC1=Cc2oc3nc(C)ccc3c2N(C)B1N1c2ncccc2N(c2ccccc2)[C@@H]1C.[2H]C([2H])([2H])N1c2ccccc2N(B2C(C)=Cc3oc4nc(C)ccc4c3N2C)[C@H]1C. The maximum absolute atomic E-state index is 8.10. The molecule has 0 N–H and O–H groups in total. The molecular weight excluding hydrogens is 1130 g/mol. The number of nitrogens with zero attached hydrogens (tertiary/aromatic N) is 13. The highest BCUT2D eigenvalue weighted by atomic mass is 16.4. The number of rotatable bonds is 5. The molecule has 0 unspecified atom stereocenters. The molecule has 0 saturated heterocycles. The fourth-order valence-electron chi connectivity index (χ4n) is 14.9. The number of aryl methyl sites for hydroxylation is 3. The summed E-state index contributed by atoms with van der Waals surface area (Å²) in [4.78, 5) is 38.8. The number of para-hydroxylation sites is 6. The summed E-state index contributed by atoms with van der Waals surface area (Å²) in [5.41, 5.74) is 19.1. The van der Waals surface area contributed by atoms with E-state index in [9.17, 15) is 0 Å². The van der Waals surface area contributed by atoms with Crippen LogP contribution in [0.15, 0.2) is 194 Å². The van der Waals surface area contributed by atoms with Crippen LogP contribution in [0.25, 0.3) is 51.5 Å². The maximum atomic E-state index is 8.10. The van der Waals surface area contributed by atoms with Crippen LogP contribution < -0.4 is 43.6 Å². The molecule has 452 valence electrons. The van der Waals surface area contributed by atoms with E-state index in [2.05, 4.69) is 224 Å². The summed E-state index contributed by atoms with van der Waals surface area (Å²) in [5, 5.41) is 3.05. The summed E-state index contributed by atoms with van der Waals surface area (Å²) in [6.07, 6.45) is 8.13. The zero-order chi connectivity index (χ0) is 65.3. The number of allylic oxidation sites excluding steroid dienone is 3. The lowest BCUT2D eigenvalue weighted by molar-refractivity contribution is 0.590. The van der Waals surface area contributed by atoms with E-state index in [1.165, 1.54) is 32.9 Å². The lowest BCUT2D eigenvalue weighted by Gasteiger charge is -2.41. The number of hydrogen-bond donors (Lipinski definition) is 0. The number of pyridine rings is 4. The fourth-order valence-corrected chi connectivity index (χ4v) is 14.9. The van der Waals surface area contributed by atoms with Gasteiger partial charge in [-0.05, 0) is 199 Å². The molecule has 0 radical (unpaired) electrons. The first-order valence-electron chi connectivity index (χ1n) is 32.7. The van der Waals surface area contributed by atoms with Crippen LogP contribution in [-0.4, -0.2) is 87.5 Å². The van der Waals surface area contributed by atoms with E-state index in [0.29, 0.717) is 17.1 Å². The van der Waals surface area contributed by atoms with Gasteiger partial charge in [0.1, 0.15) is 5.82 Å². The standard InChI is InChI=1S/C26H25BN4O.C25H24BN5O.C21H23BN4O/c1-17-16-24-25(21-15-14-18(2)28-26(21)32-24)29(4)27(17)31-19(3)30(20-10-6-5-7-11-20)22-12-8-9-13-23(22)31;1-16-15-22-23(20-13-12-17(2)28-25(20)32-22)29(4)26(16)31-18(3)30(19-9-6-5-7-10-19)21-11-8-14-27-24(21)31;1-13-12-19-20(16-11-10-14(2)23-21(16)27-19)25(5)22(13)26-15(3)24(4)17-8-6-7-9-18(17)26/h5-16,19H,1-4H3;5-15,18H,1-4H3;6-12,15H,1-5H3/t19-;18-;15-/m000/s1/i;;4D3. The third-order valence-corrected chi connectivity index (χ3v) is 18.8. The van der Waals surface area contributed by atoms with E-state index >= 15 is 0 Å². The minimum atomic E-state index is -2.23. The maximum Gasteiger partial charge on any atom is 0.409 e. The summed E-state index contributed by atoms with van der Waals surface area (Å²) in [6, 6.07) is 54.1. The minimum Gasteiger partial charge on any atom is -0.436 e. The molecule has 7 aromatic heterocycles. The van der Waals surface area contributed by atoms with Crippen LogP contribution in [-0.2, 0) is 0 Å². The number of aromatic nitrogens is 4. The Morgan fingerprint density at radius 3 is 1.21 bits per heavy atom. The van der Waals surface area contributed by atoms with Crippen molar-refractivity contribution < 1.29 is 17.4 Å². The van der Waals surface area contributed by atoms with Crippen molar-refractivity contribution in [2.75, 3.05) is 71.7 Å². The van der Waals surface area contributed by atoms with Crippen molar-refractivity contribution in [2.24, 2.45) is 0 Å². The molecule has 3 atom stereocenters. The van der Waals surface area contributed by atoms with Gasteiger partial charge in [0.05, 0.1) is 80.2 Å². The molecule has 16 nitrogen and oxygen atoms in total. The van der Waals surface area contributed by atoms with Crippen molar-refractivity contribution >= 4 is 135 Å². The van der Waals surface area contributed by atoms with E-state index < -0.39 is 6.98 Å². The Balaban J connectivity index is 0.000000116. The second-order valence-electron chi connectivity index (χ2n) is 24.7. The third kappa shape index (κ3) is 9.12. The molecule has 19 heteroatoms. The van der Waals surface area contributed by atoms with Crippen LogP contribution in [0.5, 0.6) is 0 Å². The van der Waals surface area contributed by atoms with Gasteiger partial charge >= 0.3 is 20.9 Å². The van der Waals surface area contributed by atoms with Crippen molar-refractivity contribution in [3.05, 3.63) is 215 Å². The Kier molecular flexibility index (Phi) is 13.0. The molecule has 11 aromatic rings. The molecule has 91 heavy (non-hydrogen) atoms. The zero-order valence-electron chi connectivity index (χ0n) is 56.3. The van der Waals surface area contributed by atoms with Crippen LogP contribution in [0.3, 0.4) is 0 Å². The quantitative estimate of drug-likeness (QED) is 0.152. The van der Waals surface area contributed by atoms with E-state index in [4.69, 9.17) is 22.3 Å². The van der Waals surface area contributed by atoms with E-state index in [0.717, 1.165) is 102 Å². The summed E-state index contributed by atoms with van der Waals surface area (Å²) >= 11 is 0. The summed E-state index contributed by atoms with van der Waals surface area (Å²) < 4.78 is 42.6. The molecule has 0 saturated carbocycles. The molecule has 17 rings (SSSR count). The highest BCUT2D eigenvalue weighted by molar-refractivity contribution is 6.77. The Labute approximate surface area is 537 Å². The molecule has 0 fully saturated rings. The number of anilines is 11. The molecular formula is C72H72B3N13O3. The summed E-state index contributed by atoms with van der Waals surface area (Å²) in [7, 11) is 6.33. The zero-order valence-corrected chi connectivity index (χ0v) is 53.3. The van der Waals surface area contributed by atoms with Crippen molar-refractivity contribution in [3.8, 4) is 0 Å². The normalized spacial score (nSPS) is 18.6. The Morgan fingerprint density at radius 1 is 0.396 bits per heavy atom. The number of hydrogen-bond acceptors (Lipinski definition) is 16. The molecule has 0 amide bonds. The minimum absolute atomic E-state index is 0.00182. The lowest BCUT2D eigenvalue weighted by Crippen LogP contribution is -2.58. The van der Waals surface area contributed by atoms with Gasteiger partial charge in [-0.25, -0.2) is 19.9 Å². The van der Waals surface area contributed by atoms with Gasteiger partial charge in [-0.3, -0.25) is 0 Å². The predicted molar refractivity (Wildman–Crippen MR) is 378 cm³/mol. The number of fused-ring (bicyclic) bond motifs is 12. The van der Waals surface area contributed by atoms with Crippen LogP contribution in [0.2, 0.25) is 0 Å². The lowest BCUT2D eigenvalue weighted by atomic mass is 9.61. The van der Waals surface area contributed by atoms with Crippen molar-refractivity contribution in [1.82, 2.24) is 19.9 Å². The Hall–Kier alpha value is -10.3. The fraction of sp³-hybridized carbons (Fsp3) is 0.222. The van der Waals surface area contributed by atoms with Crippen LogP contribution >= 0.6 is 0 Å². The molecule has 13 heterocycles. The third-order valence-electron chi connectivity index (χ3n) is 18.8. The second kappa shape index (κ2) is 22.0. The van der Waals surface area contributed by atoms with Gasteiger partial charge in [-0.1, -0.05) is 77.1 Å². The van der Waals surface area contributed by atoms with Gasteiger partial charge in [0.15, 0.2) is 17.3 Å². The van der Waals surface area contributed by atoms with Gasteiger partial charge in [0.25, 0.3) is 0 Å². The van der Waals surface area contributed by atoms with Gasteiger partial charge in [0.2, 0.25) is 17.1 Å². The predicted octanol–water partition coefficient (Wildman–Crippen LogP) is 15.8. The van der Waals surface area contributed by atoms with E-state index in [-0.39, 0.29) is 39.4 Å². The average molecular weight is 1200 g/mol. The van der Waals surface area contributed by atoms with Gasteiger partial charge < -0.3 is 56.8 Å². The molecule has 6 aliphatic heterocycles. The Morgan fingerprint density at radius 2 is 0.758 bits per heavy atom. The topological polar surface area (TPSA) is 120 Å². The van der Waals surface area contributed by atoms with Gasteiger partial charge in [0, 0.05) is 45.7 Å². The second-order valence-corrected chi connectivity index (χ2v) is 24.7. The first-order valence-corrected chi connectivity index (χ1v) is 31.2. The first kappa shape index (κ1) is 53.7. The molecule has 6 aliphatic rings. The van der Waals surface area contributed by atoms with E-state index in [1.54, 1.807) is 0 Å². The van der Waals surface area contributed by atoms with Crippen LogP contribution in [0.4, 0.5) is 62.7 Å². The van der Waals surface area contributed by atoms with Crippen molar-refractivity contribution in [2.45, 2.75) is 80.8 Å². The van der Waals surface area contributed by atoms with Gasteiger partial charge in [-0.2, -0.15) is 0 Å². The first-order chi connectivity index (χ1) is 45.3.